The van der Waals surface area contributed by atoms with Gasteiger partial charge in [-0.15, -0.1) is 0 Å². The maximum Gasteiger partial charge on any atom is 0.0502 e. The molecule has 0 amide bonds. The molecule has 0 spiro atoms. The van der Waals surface area contributed by atoms with E-state index in [-0.39, 0.29) is 0 Å². The van der Waals surface area contributed by atoms with E-state index in [1.165, 1.54) is 25.7 Å². The normalized spacial score (nSPS) is 13.1. The van der Waals surface area contributed by atoms with Crippen LogP contribution in [0.4, 0.5) is 0 Å². The van der Waals surface area contributed by atoms with E-state index in [1.54, 1.807) is 24.2 Å². The summed E-state index contributed by atoms with van der Waals surface area (Å²) < 4.78 is 0. The average Bonchev–Trinajstić information content (AvgIpc) is 2.20. The fourth-order valence-electron chi connectivity index (χ4n) is 2.26. The molecule has 0 aliphatic carbocycles. The lowest BCUT2D eigenvalue weighted by Gasteiger charge is -2.30. The van der Waals surface area contributed by atoms with E-state index in [2.05, 4.69) is 40.0 Å². The monoisotopic (exact) mass is 258 g/mol. The zero-order chi connectivity index (χ0) is 12.7. The molecule has 0 aromatic heterocycles. The summed E-state index contributed by atoms with van der Waals surface area (Å²) in [6, 6.07) is 6.37. The van der Waals surface area contributed by atoms with Gasteiger partial charge in [-0.25, -0.2) is 0 Å². The van der Waals surface area contributed by atoms with Crippen molar-refractivity contribution in [3.05, 3.63) is 0 Å². The maximum atomic E-state index is 2.68. The van der Waals surface area contributed by atoms with Crippen LogP contribution in [0.1, 0.15) is 39.5 Å². The topological polar surface area (TPSA) is 0 Å². The highest BCUT2D eigenvalue weighted by molar-refractivity contribution is 6.82. The molecule has 0 saturated heterocycles. The van der Waals surface area contributed by atoms with E-state index in [4.69, 9.17) is 0 Å². The second-order valence-electron chi connectivity index (χ2n) is 7.08. The first kappa shape index (κ1) is 16.4. The summed E-state index contributed by atoms with van der Waals surface area (Å²) in [4.78, 5) is 0. The fourth-order valence-corrected chi connectivity index (χ4v) is 10.8. The zero-order valence-corrected chi connectivity index (χ0v) is 14.7. The molecule has 0 rings (SSSR count). The number of unbranched alkanes of at least 4 members (excludes halogenated alkanes) is 2. The Morgan fingerprint density at radius 1 is 0.625 bits per heavy atom. The summed E-state index contributed by atoms with van der Waals surface area (Å²) in [7, 11) is -1.68. The Balaban J connectivity index is 4.17. The molecule has 98 valence electrons. The van der Waals surface area contributed by atoms with Crippen molar-refractivity contribution in [3.63, 3.8) is 0 Å². The number of hydrogen-bond acceptors (Lipinski definition) is 0. The van der Waals surface area contributed by atoms with Gasteiger partial charge in [0.1, 0.15) is 0 Å². The van der Waals surface area contributed by atoms with Crippen molar-refractivity contribution in [2.75, 3.05) is 0 Å². The second kappa shape index (κ2) is 7.70. The van der Waals surface area contributed by atoms with E-state index in [0.29, 0.717) is 0 Å². The van der Waals surface area contributed by atoms with E-state index in [0.717, 1.165) is 0 Å². The van der Waals surface area contributed by atoms with Gasteiger partial charge < -0.3 is 0 Å². The van der Waals surface area contributed by atoms with E-state index >= 15 is 0 Å². The molecule has 0 aliphatic rings. The third-order valence-corrected chi connectivity index (χ3v) is 10.6. The maximum absolute atomic E-state index is 2.68. The zero-order valence-electron chi connectivity index (χ0n) is 12.7. The molecule has 0 radical (unpaired) electrons. The van der Waals surface area contributed by atoms with Gasteiger partial charge in [0.2, 0.25) is 0 Å². The molecule has 0 aromatic rings. The van der Waals surface area contributed by atoms with Crippen molar-refractivity contribution in [2.24, 2.45) is 0 Å². The highest BCUT2D eigenvalue weighted by atomic mass is 28.3. The van der Waals surface area contributed by atoms with Crippen LogP contribution in [0, 0.1) is 0 Å². The van der Waals surface area contributed by atoms with Gasteiger partial charge in [0.05, 0.1) is 8.07 Å². The standard InChI is InChI=1S/C14H34Si2/c1-7-9-11-16(6,12-10-8-2)14-13-15(3,4)5/h7-14H2,1-6H3. The predicted octanol–water partition coefficient (Wildman–Crippen LogP) is 6.00. The number of hydrogen-bond donors (Lipinski definition) is 0. The third kappa shape index (κ3) is 8.57. The van der Waals surface area contributed by atoms with E-state index < -0.39 is 16.1 Å². The van der Waals surface area contributed by atoms with Gasteiger partial charge in [-0.05, 0) is 0 Å². The minimum absolute atomic E-state index is 0.811. The lowest BCUT2D eigenvalue weighted by Crippen LogP contribution is -2.33. The number of rotatable bonds is 9. The van der Waals surface area contributed by atoms with Gasteiger partial charge in [0.15, 0.2) is 0 Å². The highest BCUT2D eigenvalue weighted by Crippen LogP contribution is 2.30. The van der Waals surface area contributed by atoms with E-state index in [1.807, 2.05) is 0 Å². The van der Waals surface area contributed by atoms with Crippen LogP contribution in [-0.4, -0.2) is 16.1 Å². The van der Waals surface area contributed by atoms with Gasteiger partial charge in [-0.3, -0.25) is 0 Å². The van der Waals surface area contributed by atoms with Crippen LogP contribution in [0.5, 0.6) is 0 Å². The molecule has 0 bridgehead atoms. The highest BCUT2D eigenvalue weighted by Gasteiger charge is 2.27. The van der Waals surface area contributed by atoms with Crippen LogP contribution in [0.3, 0.4) is 0 Å². The van der Waals surface area contributed by atoms with Crippen molar-refractivity contribution >= 4 is 16.1 Å². The molecule has 0 saturated carbocycles. The molecule has 0 heterocycles. The Morgan fingerprint density at radius 3 is 1.38 bits per heavy atom. The van der Waals surface area contributed by atoms with Crippen LogP contribution in [-0.2, 0) is 0 Å². The molecular formula is C14H34Si2. The first-order valence-electron chi connectivity index (χ1n) is 7.33. The lowest BCUT2D eigenvalue weighted by atomic mass is 10.4. The van der Waals surface area contributed by atoms with Gasteiger partial charge in [-0.2, -0.15) is 0 Å². The molecule has 0 N–H and O–H groups in total. The van der Waals surface area contributed by atoms with Gasteiger partial charge in [-0.1, -0.05) is 89.9 Å². The van der Waals surface area contributed by atoms with Crippen molar-refractivity contribution in [1.29, 1.82) is 0 Å². The lowest BCUT2D eigenvalue weighted by molar-refractivity contribution is 0.822. The van der Waals surface area contributed by atoms with Crippen LogP contribution in [0.2, 0.25) is 50.4 Å². The van der Waals surface area contributed by atoms with Crippen LogP contribution < -0.4 is 0 Å². The SMILES string of the molecule is CCCC[Si](C)(CCCC)CC[Si](C)(C)C. The van der Waals surface area contributed by atoms with Crippen molar-refractivity contribution in [3.8, 4) is 0 Å². The van der Waals surface area contributed by atoms with Crippen LogP contribution in [0.15, 0.2) is 0 Å². The molecule has 2 heteroatoms. The first-order valence-corrected chi connectivity index (χ1v) is 14.2. The predicted molar refractivity (Wildman–Crippen MR) is 84.0 cm³/mol. The second-order valence-corrected chi connectivity index (χ2v) is 17.8. The summed E-state index contributed by atoms with van der Waals surface area (Å²) in [5.41, 5.74) is 0. The smallest absolute Gasteiger partial charge is 0.0502 e. The van der Waals surface area contributed by atoms with E-state index in [9.17, 15) is 0 Å². The minimum Gasteiger partial charge on any atom is -0.0696 e. The molecule has 0 aromatic carbocycles. The summed E-state index contributed by atoms with van der Waals surface area (Å²) >= 11 is 0. The Morgan fingerprint density at radius 2 is 1.06 bits per heavy atom. The van der Waals surface area contributed by atoms with Crippen molar-refractivity contribution < 1.29 is 0 Å². The quantitative estimate of drug-likeness (QED) is 0.445. The fraction of sp³-hybridized carbons (Fsp3) is 1.00. The Kier molecular flexibility index (Phi) is 7.91. The molecule has 16 heavy (non-hydrogen) atoms. The first-order chi connectivity index (χ1) is 7.33. The molecule has 0 unspecified atom stereocenters. The van der Waals surface area contributed by atoms with Crippen molar-refractivity contribution in [1.82, 2.24) is 0 Å². The summed E-state index contributed by atoms with van der Waals surface area (Å²) in [5, 5.41) is 0. The average molecular weight is 259 g/mol. The van der Waals surface area contributed by atoms with Gasteiger partial charge in [0.25, 0.3) is 0 Å². The largest absolute Gasteiger partial charge is 0.0696 e. The van der Waals surface area contributed by atoms with Crippen LogP contribution in [0.25, 0.3) is 0 Å². The molecule has 0 atom stereocenters. The summed E-state index contributed by atoms with van der Waals surface area (Å²) in [6.07, 6.45) is 5.75. The summed E-state index contributed by atoms with van der Waals surface area (Å²) in [5.74, 6) is 0. The molecule has 0 nitrogen and oxygen atoms in total. The Bertz CT molecular complexity index is 162. The molecular weight excluding hydrogens is 224 g/mol. The molecule has 0 fully saturated rings. The minimum atomic E-state index is -0.866. The summed E-state index contributed by atoms with van der Waals surface area (Å²) in [6.45, 7) is 14.9. The van der Waals surface area contributed by atoms with Gasteiger partial charge in [0, 0.05) is 8.07 Å². The molecule has 0 aliphatic heterocycles. The van der Waals surface area contributed by atoms with Gasteiger partial charge >= 0.3 is 0 Å². The Hall–Kier alpha value is 0.434. The third-order valence-electron chi connectivity index (χ3n) is 3.75. The van der Waals surface area contributed by atoms with Crippen molar-refractivity contribution in [2.45, 2.75) is 89.9 Å². The van der Waals surface area contributed by atoms with Crippen LogP contribution >= 0.6 is 0 Å². The Labute approximate surface area is 106 Å².